The molecule has 3 rings (SSSR count). The van der Waals surface area contributed by atoms with Crippen molar-refractivity contribution in [3.63, 3.8) is 0 Å². The predicted octanol–water partition coefficient (Wildman–Crippen LogP) is 2.52. The summed E-state index contributed by atoms with van der Waals surface area (Å²) >= 11 is 0. The van der Waals surface area contributed by atoms with Gasteiger partial charge in [0.15, 0.2) is 0 Å². The number of methoxy groups -OCH3 is 1. The van der Waals surface area contributed by atoms with E-state index in [1.165, 1.54) is 0 Å². The van der Waals surface area contributed by atoms with Crippen molar-refractivity contribution >= 4 is 5.91 Å². The number of piperazine rings is 1. The molecule has 1 fully saturated rings. The SMILES string of the molecule is COc1ccccc1CN1CCN(C(=O)c2cccc(C#N)c2)CC1. The zero-order valence-corrected chi connectivity index (χ0v) is 14.3. The van der Waals surface area contributed by atoms with Crippen LogP contribution < -0.4 is 4.74 Å². The second kappa shape index (κ2) is 7.82. The third kappa shape index (κ3) is 3.98. The summed E-state index contributed by atoms with van der Waals surface area (Å²) in [7, 11) is 1.69. The predicted molar refractivity (Wildman–Crippen MR) is 95.3 cm³/mol. The van der Waals surface area contributed by atoms with Gasteiger partial charge in [-0.2, -0.15) is 5.26 Å². The molecule has 0 aliphatic carbocycles. The molecule has 0 bridgehead atoms. The van der Waals surface area contributed by atoms with E-state index in [9.17, 15) is 4.79 Å². The third-order valence-electron chi connectivity index (χ3n) is 4.48. The van der Waals surface area contributed by atoms with Crippen LogP contribution in [0.15, 0.2) is 48.5 Å². The number of nitrogens with zero attached hydrogens (tertiary/aromatic N) is 3. The molecule has 1 aliphatic rings. The summed E-state index contributed by atoms with van der Waals surface area (Å²) in [4.78, 5) is 16.8. The van der Waals surface area contributed by atoms with Crippen LogP contribution in [0.5, 0.6) is 5.75 Å². The summed E-state index contributed by atoms with van der Waals surface area (Å²) in [6.07, 6.45) is 0. The van der Waals surface area contributed by atoms with E-state index in [-0.39, 0.29) is 5.91 Å². The molecule has 1 aliphatic heterocycles. The topological polar surface area (TPSA) is 56.6 Å². The highest BCUT2D eigenvalue weighted by Gasteiger charge is 2.22. The standard InChI is InChI=1S/C20H21N3O2/c1-25-19-8-3-2-6-18(19)15-22-9-11-23(12-10-22)20(24)17-7-4-5-16(13-17)14-21/h2-8,13H,9-12,15H2,1H3. The Bertz CT molecular complexity index is 790. The Kier molecular flexibility index (Phi) is 5.32. The van der Waals surface area contributed by atoms with Gasteiger partial charge in [-0.05, 0) is 24.3 Å². The van der Waals surface area contributed by atoms with Crippen molar-refractivity contribution in [3.05, 3.63) is 65.2 Å². The van der Waals surface area contributed by atoms with Gasteiger partial charge in [0, 0.05) is 43.9 Å². The first kappa shape index (κ1) is 17.0. The molecule has 0 atom stereocenters. The molecule has 1 amide bonds. The van der Waals surface area contributed by atoms with Gasteiger partial charge in [0.1, 0.15) is 5.75 Å². The van der Waals surface area contributed by atoms with E-state index >= 15 is 0 Å². The fourth-order valence-electron chi connectivity index (χ4n) is 3.09. The second-order valence-electron chi connectivity index (χ2n) is 6.07. The summed E-state index contributed by atoms with van der Waals surface area (Å²) in [6, 6.07) is 17.0. The number of hydrogen-bond donors (Lipinski definition) is 0. The Balaban J connectivity index is 1.60. The van der Waals surface area contributed by atoms with Crippen molar-refractivity contribution in [2.24, 2.45) is 0 Å². The Labute approximate surface area is 148 Å². The molecule has 0 saturated carbocycles. The number of nitriles is 1. The largest absolute Gasteiger partial charge is 0.496 e. The van der Waals surface area contributed by atoms with E-state index in [1.54, 1.807) is 31.4 Å². The van der Waals surface area contributed by atoms with Gasteiger partial charge in [-0.25, -0.2) is 0 Å². The fraction of sp³-hybridized carbons (Fsp3) is 0.300. The van der Waals surface area contributed by atoms with E-state index < -0.39 is 0 Å². The second-order valence-corrected chi connectivity index (χ2v) is 6.07. The molecule has 1 saturated heterocycles. The van der Waals surface area contributed by atoms with Crippen LogP contribution in [-0.2, 0) is 6.54 Å². The molecule has 2 aromatic rings. The minimum absolute atomic E-state index is 0.00552. The minimum Gasteiger partial charge on any atom is -0.496 e. The molecule has 0 spiro atoms. The summed E-state index contributed by atoms with van der Waals surface area (Å²) in [5.74, 6) is 0.892. The Hall–Kier alpha value is -2.84. The lowest BCUT2D eigenvalue weighted by molar-refractivity contribution is 0.0627. The van der Waals surface area contributed by atoms with Gasteiger partial charge in [-0.1, -0.05) is 24.3 Å². The summed E-state index contributed by atoms with van der Waals surface area (Å²) < 4.78 is 5.41. The van der Waals surface area contributed by atoms with Crippen LogP contribution in [-0.4, -0.2) is 49.0 Å². The van der Waals surface area contributed by atoms with Gasteiger partial charge < -0.3 is 9.64 Å². The number of rotatable bonds is 4. The van der Waals surface area contributed by atoms with Crippen LogP contribution >= 0.6 is 0 Å². The molecule has 2 aromatic carbocycles. The summed E-state index contributed by atoms with van der Waals surface area (Å²) in [6.45, 7) is 3.83. The number of hydrogen-bond acceptors (Lipinski definition) is 4. The lowest BCUT2D eigenvalue weighted by Gasteiger charge is -2.35. The van der Waals surface area contributed by atoms with Gasteiger partial charge in [0.2, 0.25) is 0 Å². The molecule has 5 heteroatoms. The zero-order chi connectivity index (χ0) is 17.6. The molecular formula is C20H21N3O2. The van der Waals surface area contributed by atoms with Crippen LogP contribution in [0.3, 0.4) is 0 Å². The Morgan fingerprint density at radius 3 is 2.60 bits per heavy atom. The highest BCUT2D eigenvalue weighted by Crippen LogP contribution is 2.20. The zero-order valence-electron chi connectivity index (χ0n) is 14.3. The van der Waals surface area contributed by atoms with Crippen molar-refractivity contribution in [2.75, 3.05) is 33.3 Å². The van der Waals surface area contributed by atoms with Crippen LogP contribution in [0.25, 0.3) is 0 Å². The maximum absolute atomic E-state index is 12.6. The number of amides is 1. The van der Waals surface area contributed by atoms with Crippen molar-refractivity contribution in [2.45, 2.75) is 6.54 Å². The van der Waals surface area contributed by atoms with E-state index in [0.717, 1.165) is 30.9 Å². The van der Waals surface area contributed by atoms with Crippen LogP contribution in [0, 0.1) is 11.3 Å². The molecule has 0 N–H and O–H groups in total. The molecule has 0 unspecified atom stereocenters. The van der Waals surface area contributed by atoms with Crippen molar-refractivity contribution in [1.29, 1.82) is 5.26 Å². The Morgan fingerprint density at radius 1 is 1.12 bits per heavy atom. The molecule has 1 heterocycles. The van der Waals surface area contributed by atoms with Crippen LogP contribution in [0.4, 0.5) is 0 Å². The highest BCUT2D eigenvalue weighted by atomic mass is 16.5. The number of carbonyl (C=O) groups is 1. The summed E-state index contributed by atoms with van der Waals surface area (Å²) in [5, 5.41) is 8.98. The number of carbonyl (C=O) groups excluding carboxylic acids is 1. The van der Waals surface area contributed by atoms with E-state index in [0.29, 0.717) is 24.2 Å². The van der Waals surface area contributed by atoms with Crippen molar-refractivity contribution < 1.29 is 9.53 Å². The molecule has 5 nitrogen and oxygen atoms in total. The van der Waals surface area contributed by atoms with Gasteiger partial charge in [0.05, 0.1) is 18.7 Å². The van der Waals surface area contributed by atoms with Crippen molar-refractivity contribution in [1.82, 2.24) is 9.80 Å². The van der Waals surface area contributed by atoms with Gasteiger partial charge in [0.25, 0.3) is 5.91 Å². The number of benzene rings is 2. The van der Waals surface area contributed by atoms with Gasteiger partial charge in [-0.15, -0.1) is 0 Å². The smallest absolute Gasteiger partial charge is 0.253 e. The molecule has 128 valence electrons. The lowest BCUT2D eigenvalue weighted by Crippen LogP contribution is -2.48. The molecular weight excluding hydrogens is 314 g/mol. The first-order valence-electron chi connectivity index (χ1n) is 8.35. The number of para-hydroxylation sites is 1. The monoisotopic (exact) mass is 335 g/mol. The van der Waals surface area contributed by atoms with Crippen LogP contribution in [0.2, 0.25) is 0 Å². The molecule has 25 heavy (non-hydrogen) atoms. The first-order chi connectivity index (χ1) is 12.2. The van der Waals surface area contributed by atoms with Gasteiger partial charge >= 0.3 is 0 Å². The Morgan fingerprint density at radius 2 is 1.88 bits per heavy atom. The highest BCUT2D eigenvalue weighted by molar-refractivity contribution is 5.94. The van der Waals surface area contributed by atoms with Crippen molar-refractivity contribution in [3.8, 4) is 11.8 Å². The van der Waals surface area contributed by atoms with Crippen LogP contribution in [0.1, 0.15) is 21.5 Å². The lowest BCUT2D eigenvalue weighted by atomic mass is 10.1. The fourth-order valence-corrected chi connectivity index (χ4v) is 3.09. The maximum Gasteiger partial charge on any atom is 0.253 e. The first-order valence-corrected chi connectivity index (χ1v) is 8.35. The summed E-state index contributed by atoms with van der Waals surface area (Å²) in [5.41, 5.74) is 2.25. The quantitative estimate of drug-likeness (QED) is 0.861. The molecule has 0 radical (unpaired) electrons. The van der Waals surface area contributed by atoms with E-state index in [4.69, 9.17) is 10.00 Å². The third-order valence-corrected chi connectivity index (χ3v) is 4.48. The maximum atomic E-state index is 12.6. The molecule has 0 aromatic heterocycles. The average Bonchev–Trinajstić information content (AvgIpc) is 2.68. The normalized spacial score (nSPS) is 14.8. The minimum atomic E-state index is -0.00552. The average molecular weight is 335 g/mol. The van der Waals surface area contributed by atoms with Gasteiger partial charge in [-0.3, -0.25) is 9.69 Å². The number of ether oxygens (including phenoxy) is 1. The van der Waals surface area contributed by atoms with E-state index in [1.807, 2.05) is 23.1 Å². The van der Waals surface area contributed by atoms with E-state index in [2.05, 4.69) is 17.0 Å².